The van der Waals surface area contributed by atoms with Crippen LogP contribution in [0.25, 0.3) is 0 Å². The number of benzene rings is 1. The molecule has 0 fully saturated rings. The van der Waals surface area contributed by atoms with Crippen molar-refractivity contribution in [3.8, 4) is 0 Å². The number of fused-ring (bicyclic) bond motifs is 1. The highest BCUT2D eigenvalue weighted by molar-refractivity contribution is 6.30. The maximum absolute atomic E-state index is 12.2. The number of carbonyl (C=O) groups excluding carboxylic acids is 1. The van der Waals surface area contributed by atoms with Crippen molar-refractivity contribution >= 4 is 35.3 Å². The van der Waals surface area contributed by atoms with Gasteiger partial charge in [0.15, 0.2) is 0 Å². The summed E-state index contributed by atoms with van der Waals surface area (Å²) in [6.45, 7) is 6.27. The Kier molecular flexibility index (Phi) is 5.93. The van der Waals surface area contributed by atoms with E-state index in [0.29, 0.717) is 25.1 Å². The van der Waals surface area contributed by atoms with E-state index in [2.05, 4.69) is 15.3 Å². The Morgan fingerprint density at radius 1 is 1.34 bits per heavy atom. The maximum Gasteiger partial charge on any atom is 0.407 e. The van der Waals surface area contributed by atoms with Gasteiger partial charge in [0.2, 0.25) is 5.95 Å². The third-order valence-corrected chi connectivity index (χ3v) is 5.23. The first kappa shape index (κ1) is 20.9. The Bertz CT molecular complexity index is 948. The van der Waals surface area contributed by atoms with Gasteiger partial charge in [-0.05, 0) is 50.5 Å². The monoisotopic (exact) mass is 418 g/mol. The topological polar surface area (TPSA) is 105 Å². The summed E-state index contributed by atoms with van der Waals surface area (Å²) in [7, 11) is 0. The molecule has 3 rings (SSSR count). The number of nitrogens with zero attached hydrogens (tertiary/aromatic N) is 3. The number of hydrogen-bond acceptors (Lipinski definition) is 6. The Balaban J connectivity index is 1.80. The quantitative estimate of drug-likeness (QED) is 0.562. The van der Waals surface area contributed by atoms with Gasteiger partial charge >= 0.3 is 12.1 Å². The van der Waals surface area contributed by atoms with E-state index in [4.69, 9.17) is 16.3 Å². The molecule has 154 valence electrons. The lowest BCUT2D eigenvalue weighted by Gasteiger charge is -2.26. The largest absolute Gasteiger partial charge is 0.465 e. The summed E-state index contributed by atoms with van der Waals surface area (Å²) in [5.41, 5.74) is 2.29. The minimum atomic E-state index is -0.974. The minimum Gasteiger partial charge on any atom is -0.465 e. The van der Waals surface area contributed by atoms with Crippen molar-refractivity contribution in [1.29, 1.82) is 0 Å². The van der Waals surface area contributed by atoms with E-state index in [9.17, 15) is 14.7 Å². The Morgan fingerprint density at radius 2 is 2.10 bits per heavy atom. The minimum absolute atomic E-state index is 0.163. The summed E-state index contributed by atoms with van der Waals surface area (Å²) < 4.78 is 5.11. The second-order valence-corrected chi connectivity index (χ2v) is 7.66. The first-order valence-electron chi connectivity index (χ1n) is 9.29. The van der Waals surface area contributed by atoms with Gasteiger partial charge in [-0.2, -0.15) is 0 Å². The summed E-state index contributed by atoms with van der Waals surface area (Å²) in [5.74, 6) is -0.117. The van der Waals surface area contributed by atoms with E-state index in [1.165, 1.54) is 11.1 Å². The zero-order valence-corrected chi connectivity index (χ0v) is 17.3. The molecule has 0 spiro atoms. The third kappa shape index (κ3) is 4.42. The molecule has 0 unspecified atom stereocenters. The van der Waals surface area contributed by atoms with E-state index < -0.39 is 17.5 Å². The first-order valence-corrected chi connectivity index (χ1v) is 9.67. The molecule has 0 aliphatic carbocycles. The van der Waals surface area contributed by atoms with E-state index in [1.54, 1.807) is 20.8 Å². The number of rotatable bonds is 5. The van der Waals surface area contributed by atoms with Crippen LogP contribution in [0.5, 0.6) is 0 Å². The molecule has 1 aromatic carbocycles. The fraction of sp³-hybridized carbons (Fsp3) is 0.400. The molecule has 0 radical (unpaired) electrons. The summed E-state index contributed by atoms with van der Waals surface area (Å²) in [4.78, 5) is 33.4. The molecule has 0 saturated carbocycles. The highest BCUT2D eigenvalue weighted by atomic mass is 35.5. The Labute approximate surface area is 173 Å². The zero-order valence-electron chi connectivity index (χ0n) is 16.5. The maximum atomic E-state index is 12.2. The molecule has 2 heterocycles. The smallest absolute Gasteiger partial charge is 0.407 e. The fourth-order valence-corrected chi connectivity index (χ4v) is 3.55. The van der Waals surface area contributed by atoms with Crippen LogP contribution in [0, 0.1) is 0 Å². The molecule has 0 atom stereocenters. The summed E-state index contributed by atoms with van der Waals surface area (Å²) in [6.07, 6.45) is 1.27. The SMILES string of the molecule is CCOC(=O)C(C)(C)c1cnc(Nc2ccc3c(c2)CN(C(=O)O)CC3)nc1Cl. The lowest BCUT2D eigenvalue weighted by atomic mass is 9.86. The van der Waals surface area contributed by atoms with Gasteiger partial charge in [-0.25, -0.2) is 14.8 Å². The van der Waals surface area contributed by atoms with Gasteiger partial charge in [0.1, 0.15) is 5.15 Å². The summed E-state index contributed by atoms with van der Waals surface area (Å²) in [6, 6.07) is 5.75. The molecular weight excluding hydrogens is 396 g/mol. The number of hydrogen-bond donors (Lipinski definition) is 2. The lowest BCUT2D eigenvalue weighted by Crippen LogP contribution is -2.34. The van der Waals surface area contributed by atoms with Gasteiger partial charge < -0.3 is 20.1 Å². The second kappa shape index (κ2) is 8.24. The van der Waals surface area contributed by atoms with Crippen LogP contribution >= 0.6 is 11.6 Å². The number of anilines is 2. The van der Waals surface area contributed by atoms with Crippen LogP contribution < -0.4 is 5.32 Å². The zero-order chi connectivity index (χ0) is 21.2. The van der Waals surface area contributed by atoms with Crippen molar-refractivity contribution in [3.05, 3.63) is 46.2 Å². The molecule has 8 nitrogen and oxygen atoms in total. The standard InChI is InChI=1S/C20H23ClN4O4/c1-4-29-17(26)20(2,3)15-10-22-18(24-16(15)21)23-14-6-5-12-7-8-25(19(27)28)11-13(12)9-14/h5-6,9-10H,4,7-8,11H2,1-3H3,(H,27,28)(H,22,23,24). The number of esters is 1. The van der Waals surface area contributed by atoms with E-state index in [1.807, 2.05) is 18.2 Å². The van der Waals surface area contributed by atoms with Crippen LogP contribution in [0.4, 0.5) is 16.4 Å². The number of carboxylic acid groups (broad SMARTS) is 1. The molecule has 1 aliphatic rings. The highest BCUT2D eigenvalue weighted by Gasteiger charge is 2.34. The van der Waals surface area contributed by atoms with Crippen LogP contribution in [0.15, 0.2) is 24.4 Å². The summed E-state index contributed by atoms with van der Waals surface area (Å²) >= 11 is 6.32. The second-order valence-electron chi connectivity index (χ2n) is 7.31. The Morgan fingerprint density at radius 3 is 2.76 bits per heavy atom. The lowest BCUT2D eigenvalue weighted by molar-refractivity contribution is -0.148. The van der Waals surface area contributed by atoms with Crippen molar-refractivity contribution in [2.45, 2.75) is 39.2 Å². The van der Waals surface area contributed by atoms with Crippen LogP contribution in [-0.4, -0.2) is 45.2 Å². The predicted molar refractivity (Wildman–Crippen MR) is 109 cm³/mol. The molecule has 29 heavy (non-hydrogen) atoms. The highest BCUT2D eigenvalue weighted by Crippen LogP contribution is 2.31. The van der Waals surface area contributed by atoms with Crippen LogP contribution in [0.2, 0.25) is 5.15 Å². The molecule has 1 amide bonds. The van der Waals surface area contributed by atoms with Crippen molar-refractivity contribution in [3.63, 3.8) is 0 Å². The number of nitrogens with one attached hydrogen (secondary N) is 1. The number of ether oxygens (including phenoxy) is 1. The van der Waals surface area contributed by atoms with Gasteiger partial charge in [-0.15, -0.1) is 0 Å². The molecular formula is C20H23ClN4O4. The number of aromatic nitrogens is 2. The van der Waals surface area contributed by atoms with Crippen LogP contribution in [-0.2, 0) is 27.9 Å². The van der Waals surface area contributed by atoms with Crippen LogP contribution in [0.1, 0.15) is 37.5 Å². The van der Waals surface area contributed by atoms with Gasteiger partial charge in [0.05, 0.1) is 12.0 Å². The van der Waals surface area contributed by atoms with Crippen molar-refractivity contribution in [2.75, 3.05) is 18.5 Å². The first-order chi connectivity index (χ1) is 13.7. The van der Waals surface area contributed by atoms with Crippen molar-refractivity contribution < 1.29 is 19.4 Å². The van der Waals surface area contributed by atoms with Gasteiger partial charge in [0, 0.05) is 30.5 Å². The molecule has 0 saturated heterocycles. The number of amides is 1. The molecule has 1 aliphatic heterocycles. The average molecular weight is 419 g/mol. The summed E-state index contributed by atoms with van der Waals surface area (Å²) in [5, 5.41) is 12.5. The average Bonchev–Trinajstić information content (AvgIpc) is 2.67. The van der Waals surface area contributed by atoms with Crippen molar-refractivity contribution in [2.24, 2.45) is 0 Å². The molecule has 1 aromatic heterocycles. The van der Waals surface area contributed by atoms with Gasteiger partial charge in [-0.3, -0.25) is 4.79 Å². The van der Waals surface area contributed by atoms with Gasteiger partial charge in [-0.1, -0.05) is 17.7 Å². The number of carbonyl (C=O) groups is 2. The third-order valence-electron chi connectivity index (χ3n) is 4.95. The molecule has 9 heteroatoms. The molecule has 2 N–H and O–H groups in total. The Hall–Kier alpha value is -2.87. The van der Waals surface area contributed by atoms with E-state index in [-0.39, 0.29) is 17.7 Å². The normalized spacial score (nSPS) is 13.6. The van der Waals surface area contributed by atoms with E-state index >= 15 is 0 Å². The van der Waals surface area contributed by atoms with Crippen molar-refractivity contribution in [1.82, 2.24) is 14.9 Å². The molecule has 0 bridgehead atoms. The van der Waals surface area contributed by atoms with E-state index in [0.717, 1.165) is 16.8 Å². The molecule has 2 aromatic rings. The fourth-order valence-electron chi connectivity index (χ4n) is 3.19. The number of halogens is 1. The predicted octanol–water partition coefficient (Wildman–Crippen LogP) is 3.75. The van der Waals surface area contributed by atoms with Crippen LogP contribution in [0.3, 0.4) is 0 Å². The van der Waals surface area contributed by atoms with Gasteiger partial charge in [0.25, 0.3) is 0 Å².